The first-order valence-electron chi connectivity index (χ1n) is 6.98. The third-order valence-corrected chi connectivity index (χ3v) is 3.36. The van der Waals surface area contributed by atoms with Gasteiger partial charge in [0.05, 0.1) is 6.61 Å². The molecular formula is C15H20N2O3. The molecule has 0 aliphatic carbocycles. The molecule has 108 valence electrons. The van der Waals surface area contributed by atoms with Crippen LogP contribution >= 0.6 is 0 Å². The number of carbonyl (C=O) groups excluding carboxylic acids is 2. The van der Waals surface area contributed by atoms with Gasteiger partial charge in [-0.25, -0.2) is 0 Å². The van der Waals surface area contributed by atoms with Gasteiger partial charge in [-0.1, -0.05) is 18.2 Å². The van der Waals surface area contributed by atoms with Crippen molar-refractivity contribution in [1.82, 2.24) is 9.80 Å². The molecule has 0 bridgehead atoms. The summed E-state index contributed by atoms with van der Waals surface area (Å²) in [5, 5.41) is 0. The lowest BCUT2D eigenvalue weighted by Gasteiger charge is -2.33. The third-order valence-electron chi connectivity index (χ3n) is 3.36. The zero-order valence-electron chi connectivity index (χ0n) is 11.7. The number of ether oxygens (including phenoxy) is 1. The third kappa shape index (κ3) is 3.50. The Labute approximate surface area is 119 Å². The minimum Gasteiger partial charge on any atom is -0.494 e. The number of likely N-dealkylation sites (N-methyl/N-ethyl adjacent to an activating group) is 1. The molecule has 1 fully saturated rings. The molecule has 1 aromatic rings. The van der Waals surface area contributed by atoms with Crippen molar-refractivity contribution in [1.29, 1.82) is 0 Å². The summed E-state index contributed by atoms with van der Waals surface area (Å²) < 4.78 is 5.57. The number of nitrogens with zero attached hydrogens (tertiary/aromatic N) is 2. The van der Waals surface area contributed by atoms with Gasteiger partial charge in [0, 0.05) is 26.2 Å². The largest absolute Gasteiger partial charge is 0.494 e. The van der Waals surface area contributed by atoms with Crippen molar-refractivity contribution in [3.8, 4) is 5.75 Å². The quantitative estimate of drug-likeness (QED) is 0.578. The molecule has 1 aromatic carbocycles. The molecule has 0 N–H and O–H groups in total. The topological polar surface area (TPSA) is 49.9 Å². The van der Waals surface area contributed by atoms with Gasteiger partial charge in [0.1, 0.15) is 5.75 Å². The highest BCUT2D eigenvalue weighted by atomic mass is 16.5. The van der Waals surface area contributed by atoms with Gasteiger partial charge >= 0.3 is 11.8 Å². The van der Waals surface area contributed by atoms with E-state index in [0.717, 1.165) is 12.2 Å². The minimum absolute atomic E-state index is 0.386. The number of piperazine rings is 1. The summed E-state index contributed by atoms with van der Waals surface area (Å²) in [6.45, 7) is 4.82. The first-order valence-corrected chi connectivity index (χ1v) is 6.98. The maximum absolute atomic E-state index is 11.9. The molecule has 0 spiro atoms. The zero-order chi connectivity index (χ0) is 14.4. The zero-order valence-corrected chi connectivity index (χ0v) is 11.7. The summed E-state index contributed by atoms with van der Waals surface area (Å²) in [7, 11) is 0. The van der Waals surface area contributed by atoms with Gasteiger partial charge < -0.3 is 14.5 Å². The van der Waals surface area contributed by atoms with E-state index in [1.807, 2.05) is 37.3 Å². The second-order valence-corrected chi connectivity index (χ2v) is 4.69. The minimum atomic E-state index is -0.391. The number of amides is 2. The second kappa shape index (κ2) is 6.93. The molecule has 0 radical (unpaired) electrons. The van der Waals surface area contributed by atoms with Crippen LogP contribution in [0.4, 0.5) is 0 Å². The van der Waals surface area contributed by atoms with E-state index in [2.05, 4.69) is 0 Å². The van der Waals surface area contributed by atoms with Crippen molar-refractivity contribution in [2.45, 2.75) is 13.3 Å². The van der Waals surface area contributed by atoms with Crippen LogP contribution in [0.3, 0.4) is 0 Å². The molecular weight excluding hydrogens is 256 g/mol. The Morgan fingerprint density at radius 2 is 1.70 bits per heavy atom. The van der Waals surface area contributed by atoms with Crippen molar-refractivity contribution >= 4 is 11.8 Å². The van der Waals surface area contributed by atoms with Crippen LogP contribution in [0.2, 0.25) is 0 Å². The summed E-state index contributed by atoms with van der Waals surface area (Å²) in [5.41, 5.74) is 0. The number of para-hydroxylation sites is 1. The summed E-state index contributed by atoms with van der Waals surface area (Å²) >= 11 is 0. The highest BCUT2D eigenvalue weighted by Crippen LogP contribution is 2.09. The molecule has 0 aromatic heterocycles. The van der Waals surface area contributed by atoms with Crippen LogP contribution in [0.1, 0.15) is 13.3 Å². The maximum Gasteiger partial charge on any atom is 0.312 e. The van der Waals surface area contributed by atoms with Gasteiger partial charge in [-0.15, -0.1) is 0 Å². The fraction of sp³-hybridized carbons (Fsp3) is 0.467. The van der Waals surface area contributed by atoms with Crippen LogP contribution in [0, 0.1) is 0 Å². The first kappa shape index (κ1) is 14.4. The fourth-order valence-corrected chi connectivity index (χ4v) is 2.19. The molecule has 2 rings (SSSR count). The number of rotatable bonds is 6. The van der Waals surface area contributed by atoms with Crippen molar-refractivity contribution in [3.63, 3.8) is 0 Å². The second-order valence-electron chi connectivity index (χ2n) is 4.69. The van der Waals surface area contributed by atoms with Gasteiger partial charge in [-0.2, -0.15) is 0 Å². The van der Waals surface area contributed by atoms with Gasteiger partial charge in [0.25, 0.3) is 0 Å². The highest BCUT2D eigenvalue weighted by molar-refractivity contribution is 6.35. The van der Waals surface area contributed by atoms with Gasteiger partial charge in [0.2, 0.25) is 0 Å². The standard InChI is InChI=1S/C15H20N2O3/c1-2-16-10-11-17(15(19)14(16)18)9-6-12-20-13-7-4-3-5-8-13/h3-5,7-8H,2,6,9-12H2,1H3. The predicted molar refractivity (Wildman–Crippen MR) is 75.4 cm³/mol. The maximum atomic E-state index is 11.9. The number of carbonyl (C=O) groups is 2. The van der Waals surface area contributed by atoms with E-state index in [9.17, 15) is 9.59 Å². The molecule has 2 amide bonds. The van der Waals surface area contributed by atoms with Crippen LogP contribution in [-0.4, -0.2) is 54.4 Å². The van der Waals surface area contributed by atoms with E-state index in [0.29, 0.717) is 32.8 Å². The van der Waals surface area contributed by atoms with E-state index >= 15 is 0 Å². The lowest BCUT2D eigenvalue weighted by atomic mass is 10.2. The van der Waals surface area contributed by atoms with E-state index in [-0.39, 0.29) is 5.91 Å². The Bertz CT molecular complexity index is 461. The molecule has 1 heterocycles. The Morgan fingerprint density at radius 3 is 2.40 bits per heavy atom. The molecule has 1 aliphatic heterocycles. The Balaban J connectivity index is 1.72. The molecule has 5 nitrogen and oxygen atoms in total. The van der Waals surface area contributed by atoms with Gasteiger partial charge in [0.15, 0.2) is 0 Å². The fourth-order valence-electron chi connectivity index (χ4n) is 2.19. The van der Waals surface area contributed by atoms with Crippen molar-refractivity contribution < 1.29 is 14.3 Å². The average molecular weight is 276 g/mol. The first-order chi connectivity index (χ1) is 9.72. The summed E-state index contributed by atoms with van der Waals surface area (Å²) in [6.07, 6.45) is 0.722. The van der Waals surface area contributed by atoms with Crippen molar-refractivity contribution in [3.05, 3.63) is 30.3 Å². The summed E-state index contributed by atoms with van der Waals surface area (Å²) in [4.78, 5) is 26.8. The van der Waals surface area contributed by atoms with Gasteiger partial charge in [-0.05, 0) is 25.5 Å². The Hall–Kier alpha value is -2.04. The highest BCUT2D eigenvalue weighted by Gasteiger charge is 2.30. The Kier molecular flexibility index (Phi) is 4.98. The molecule has 20 heavy (non-hydrogen) atoms. The van der Waals surface area contributed by atoms with Gasteiger partial charge in [-0.3, -0.25) is 9.59 Å². The monoisotopic (exact) mass is 276 g/mol. The van der Waals surface area contributed by atoms with E-state index in [1.54, 1.807) is 9.80 Å². The summed E-state index contributed by atoms with van der Waals surface area (Å²) in [5.74, 6) is 0.0474. The van der Waals surface area contributed by atoms with Crippen LogP contribution < -0.4 is 4.74 Å². The molecule has 0 atom stereocenters. The average Bonchev–Trinajstić information content (AvgIpc) is 2.49. The number of hydrogen-bond donors (Lipinski definition) is 0. The van der Waals surface area contributed by atoms with Crippen LogP contribution in [0.15, 0.2) is 30.3 Å². The smallest absolute Gasteiger partial charge is 0.312 e. The molecule has 0 unspecified atom stereocenters. The van der Waals surface area contributed by atoms with Crippen molar-refractivity contribution in [2.75, 3.05) is 32.8 Å². The van der Waals surface area contributed by atoms with Crippen LogP contribution in [0.25, 0.3) is 0 Å². The summed E-state index contributed by atoms with van der Waals surface area (Å²) in [6, 6.07) is 9.57. The molecule has 0 saturated carbocycles. The van der Waals surface area contributed by atoms with E-state index in [4.69, 9.17) is 4.74 Å². The van der Waals surface area contributed by atoms with E-state index in [1.165, 1.54) is 0 Å². The van der Waals surface area contributed by atoms with Crippen molar-refractivity contribution in [2.24, 2.45) is 0 Å². The number of benzene rings is 1. The molecule has 1 saturated heterocycles. The van der Waals surface area contributed by atoms with E-state index < -0.39 is 5.91 Å². The molecule has 5 heteroatoms. The molecule has 1 aliphatic rings. The lowest BCUT2D eigenvalue weighted by Crippen LogP contribution is -2.54. The van der Waals surface area contributed by atoms with Crippen LogP contribution in [0.5, 0.6) is 5.75 Å². The Morgan fingerprint density at radius 1 is 1.05 bits per heavy atom. The predicted octanol–water partition coefficient (Wildman–Crippen LogP) is 1.15. The number of hydrogen-bond acceptors (Lipinski definition) is 3. The normalized spacial score (nSPS) is 15.7. The van der Waals surface area contributed by atoms with Crippen LogP contribution in [-0.2, 0) is 9.59 Å². The lowest BCUT2D eigenvalue weighted by molar-refractivity contribution is -0.155. The SMILES string of the molecule is CCN1CCN(CCCOc2ccccc2)C(=O)C1=O.